The number of hydrogen-bond donors (Lipinski definition) is 1. The van der Waals surface area contributed by atoms with Crippen molar-refractivity contribution in [2.75, 3.05) is 5.75 Å². The van der Waals surface area contributed by atoms with Crippen molar-refractivity contribution in [3.05, 3.63) is 0 Å². The molecule has 1 N–H and O–H groups in total. The van der Waals surface area contributed by atoms with Gasteiger partial charge in [0.25, 0.3) is 10.1 Å². The van der Waals surface area contributed by atoms with Gasteiger partial charge in [-0.15, -0.1) is 0 Å². The molecule has 0 saturated carbocycles. The first-order chi connectivity index (χ1) is 4.56. The Hall–Kier alpha value is -0.420. The molecule has 0 rings (SSSR count). The van der Waals surface area contributed by atoms with E-state index >= 15 is 0 Å². The zero-order chi connectivity index (χ0) is 8.04. The molecule has 0 spiro atoms. The standard InChI is InChI=1S/C5H10O4S/c6-4-2-1-3-5-10(7,8)9/h4H,1-3,5H2,(H,7,8,9). The fraction of sp³-hybridized carbons (Fsp3) is 0.800. The summed E-state index contributed by atoms with van der Waals surface area (Å²) in [6.45, 7) is 0. The highest BCUT2D eigenvalue weighted by Gasteiger charge is 2.01. The first-order valence-electron chi connectivity index (χ1n) is 2.95. The van der Waals surface area contributed by atoms with Gasteiger partial charge in [0, 0.05) is 6.42 Å². The van der Waals surface area contributed by atoms with Crippen LogP contribution in [0.5, 0.6) is 0 Å². The first kappa shape index (κ1) is 9.58. The van der Waals surface area contributed by atoms with E-state index in [4.69, 9.17) is 4.55 Å². The highest BCUT2D eigenvalue weighted by molar-refractivity contribution is 7.85. The van der Waals surface area contributed by atoms with E-state index in [-0.39, 0.29) is 5.75 Å². The van der Waals surface area contributed by atoms with Crippen molar-refractivity contribution >= 4 is 16.4 Å². The number of carbonyl (C=O) groups excluding carboxylic acids is 1. The summed E-state index contributed by atoms with van der Waals surface area (Å²) in [7, 11) is -3.82. The van der Waals surface area contributed by atoms with E-state index in [1.165, 1.54) is 0 Å². The van der Waals surface area contributed by atoms with Gasteiger partial charge in [0.15, 0.2) is 0 Å². The molecule has 0 amide bonds. The Morgan fingerprint density at radius 2 is 1.90 bits per heavy atom. The summed E-state index contributed by atoms with van der Waals surface area (Å²) in [4.78, 5) is 9.72. The summed E-state index contributed by atoms with van der Waals surface area (Å²) in [5.74, 6) is -0.249. The van der Waals surface area contributed by atoms with Crippen LogP contribution in [-0.4, -0.2) is 25.0 Å². The summed E-state index contributed by atoms with van der Waals surface area (Å²) in [6.07, 6.45) is 1.94. The molecule has 0 saturated heterocycles. The molecule has 0 aromatic rings. The van der Waals surface area contributed by atoms with Crippen molar-refractivity contribution in [2.45, 2.75) is 19.3 Å². The number of carbonyl (C=O) groups is 1. The van der Waals surface area contributed by atoms with Crippen LogP contribution in [0.4, 0.5) is 0 Å². The van der Waals surface area contributed by atoms with E-state index in [0.717, 1.165) is 6.29 Å². The molecule has 0 atom stereocenters. The van der Waals surface area contributed by atoms with Crippen LogP contribution < -0.4 is 0 Å². The van der Waals surface area contributed by atoms with Gasteiger partial charge in [0.05, 0.1) is 5.75 Å². The number of rotatable bonds is 5. The summed E-state index contributed by atoms with van der Waals surface area (Å²) >= 11 is 0. The smallest absolute Gasteiger partial charge is 0.264 e. The predicted octanol–water partition coefficient (Wildman–Crippen LogP) is 0.243. The topological polar surface area (TPSA) is 71.4 Å². The SMILES string of the molecule is O=CCCCCS(=O)(=O)O. The van der Waals surface area contributed by atoms with Crippen LogP contribution >= 0.6 is 0 Å². The molecule has 0 aliphatic carbocycles. The zero-order valence-corrected chi connectivity index (χ0v) is 6.30. The molecule has 10 heavy (non-hydrogen) atoms. The molecule has 0 aromatic heterocycles. The maximum atomic E-state index is 10.1. The lowest BCUT2D eigenvalue weighted by Gasteiger charge is -1.92. The van der Waals surface area contributed by atoms with Crippen LogP contribution in [0, 0.1) is 0 Å². The van der Waals surface area contributed by atoms with Gasteiger partial charge in [-0.25, -0.2) is 0 Å². The normalized spacial score (nSPS) is 11.3. The molecule has 5 heteroatoms. The minimum absolute atomic E-state index is 0.249. The third-order valence-corrected chi connectivity index (χ3v) is 1.78. The van der Waals surface area contributed by atoms with E-state index in [1.807, 2.05) is 0 Å². The van der Waals surface area contributed by atoms with Crippen molar-refractivity contribution in [1.29, 1.82) is 0 Å². The maximum absolute atomic E-state index is 10.1. The molecule has 0 radical (unpaired) electrons. The zero-order valence-electron chi connectivity index (χ0n) is 5.49. The Morgan fingerprint density at radius 1 is 1.30 bits per heavy atom. The molecule has 0 aliphatic heterocycles. The monoisotopic (exact) mass is 166 g/mol. The van der Waals surface area contributed by atoms with Gasteiger partial charge in [-0.05, 0) is 12.8 Å². The average molecular weight is 166 g/mol. The number of aldehydes is 1. The van der Waals surface area contributed by atoms with E-state index < -0.39 is 10.1 Å². The summed E-state index contributed by atoms with van der Waals surface area (Å²) in [5.41, 5.74) is 0. The molecular formula is C5H10O4S. The van der Waals surface area contributed by atoms with Gasteiger partial charge >= 0.3 is 0 Å². The van der Waals surface area contributed by atoms with Crippen molar-refractivity contribution in [3.63, 3.8) is 0 Å². The first-order valence-corrected chi connectivity index (χ1v) is 4.56. The van der Waals surface area contributed by atoms with E-state index in [1.54, 1.807) is 0 Å². The molecule has 0 unspecified atom stereocenters. The summed E-state index contributed by atoms with van der Waals surface area (Å²) < 4.78 is 28.3. The number of unbranched alkanes of at least 4 members (excludes halogenated alkanes) is 2. The van der Waals surface area contributed by atoms with E-state index in [0.29, 0.717) is 19.3 Å². The van der Waals surface area contributed by atoms with Crippen molar-refractivity contribution in [1.82, 2.24) is 0 Å². The highest BCUT2D eigenvalue weighted by atomic mass is 32.2. The largest absolute Gasteiger partial charge is 0.303 e. The molecule has 60 valence electrons. The quantitative estimate of drug-likeness (QED) is 0.361. The van der Waals surface area contributed by atoms with Gasteiger partial charge in [0.1, 0.15) is 6.29 Å². The van der Waals surface area contributed by atoms with E-state index in [9.17, 15) is 13.2 Å². The molecular weight excluding hydrogens is 156 g/mol. The molecule has 0 heterocycles. The van der Waals surface area contributed by atoms with Crippen LogP contribution in [0.2, 0.25) is 0 Å². The fourth-order valence-corrected chi connectivity index (χ4v) is 1.08. The van der Waals surface area contributed by atoms with Crippen LogP contribution in [0.1, 0.15) is 19.3 Å². The minimum Gasteiger partial charge on any atom is -0.303 e. The Kier molecular flexibility index (Phi) is 4.22. The fourth-order valence-electron chi connectivity index (χ4n) is 0.512. The van der Waals surface area contributed by atoms with Crippen LogP contribution in [0.15, 0.2) is 0 Å². The van der Waals surface area contributed by atoms with Crippen LogP contribution in [0.3, 0.4) is 0 Å². The lowest BCUT2D eigenvalue weighted by molar-refractivity contribution is -0.107. The van der Waals surface area contributed by atoms with Crippen molar-refractivity contribution < 1.29 is 17.8 Å². The Balaban J connectivity index is 3.29. The average Bonchev–Trinajstić information content (AvgIpc) is 1.78. The summed E-state index contributed by atoms with van der Waals surface area (Å²) in [5, 5.41) is 0. The molecule has 0 aromatic carbocycles. The van der Waals surface area contributed by atoms with E-state index in [2.05, 4.69) is 0 Å². The predicted molar refractivity (Wildman–Crippen MR) is 36.3 cm³/mol. The van der Waals surface area contributed by atoms with Crippen LogP contribution in [0.25, 0.3) is 0 Å². The van der Waals surface area contributed by atoms with Gasteiger partial charge in [0.2, 0.25) is 0 Å². The van der Waals surface area contributed by atoms with Gasteiger partial charge in [-0.1, -0.05) is 0 Å². The molecule has 0 bridgehead atoms. The Morgan fingerprint density at radius 3 is 2.30 bits per heavy atom. The lowest BCUT2D eigenvalue weighted by atomic mass is 10.3. The Bertz CT molecular complexity index is 182. The molecule has 4 nitrogen and oxygen atoms in total. The Labute approximate surface area is 60.0 Å². The van der Waals surface area contributed by atoms with Gasteiger partial charge in [-0.3, -0.25) is 4.55 Å². The minimum atomic E-state index is -3.82. The van der Waals surface area contributed by atoms with Crippen molar-refractivity contribution in [2.24, 2.45) is 0 Å². The lowest BCUT2D eigenvalue weighted by Crippen LogP contribution is -2.03. The maximum Gasteiger partial charge on any atom is 0.264 e. The second-order valence-electron chi connectivity index (χ2n) is 1.95. The van der Waals surface area contributed by atoms with Gasteiger partial charge < -0.3 is 4.79 Å². The van der Waals surface area contributed by atoms with Crippen molar-refractivity contribution in [3.8, 4) is 0 Å². The van der Waals surface area contributed by atoms with Crippen LogP contribution in [-0.2, 0) is 14.9 Å². The van der Waals surface area contributed by atoms with Gasteiger partial charge in [-0.2, -0.15) is 8.42 Å². The third-order valence-electron chi connectivity index (χ3n) is 0.974. The number of hydrogen-bond acceptors (Lipinski definition) is 3. The second kappa shape index (κ2) is 4.40. The molecule has 0 aliphatic rings. The molecule has 0 fully saturated rings. The third kappa shape index (κ3) is 7.58. The summed E-state index contributed by atoms with van der Waals surface area (Å²) in [6, 6.07) is 0. The highest BCUT2D eigenvalue weighted by Crippen LogP contribution is 1.95. The second-order valence-corrected chi connectivity index (χ2v) is 3.52.